The second-order valence-corrected chi connectivity index (χ2v) is 0.577. The monoisotopic (exact) mass is 88.1 g/mol. The molecule has 0 atom stereocenters. The number of rotatable bonds is 3. The summed E-state index contributed by atoms with van der Waals surface area (Å²) < 4.78 is 0. The Morgan fingerprint density at radius 2 is 1.33 bits per heavy atom. The first-order valence-corrected chi connectivity index (χ1v) is 1.32. The van der Waals surface area contributed by atoms with Gasteiger partial charge in [0.2, 0.25) is 0 Å². The summed E-state index contributed by atoms with van der Waals surface area (Å²) in [5.74, 6) is 0. The molecule has 4 heteroatoms. The van der Waals surface area contributed by atoms with E-state index in [1.54, 1.807) is 0 Å². The highest BCUT2D eigenvalue weighted by Gasteiger charge is 1.71. The second kappa shape index (κ2) is 5.05. The van der Waals surface area contributed by atoms with Gasteiger partial charge in [-0.05, 0) is 0 Å². The van der Waals surface area contributed by atoms with Crippen LogP contribution in [0.4, 0.5) is 0 Å². The van der Waals surface area contributed by atoms with E-state index >= 15 is 0 Å². The van der Waals surface area contributed by atoms with Gasteiger partial charge in [-0.2, -0.15) is 0 Å². The lowest BCUT2D eigenvalue weighted by Crippen LogP contribution is -2.92. The summed E-state index contributed by atoms with van der Waals surface area (Å²) in [6.07, 6.45) is 0. The molecule has 0 unspecified atom stereocenters. The van der Waals surface area contributed by atoms with E-state index in [9.17, 15) is 0 Å². The fourth-order valence-corrected chi connectivity index (χ4v) is 0. The molecule has 0 saturated heterocycles. The van der Waals surface area contributed by atoms with Gasteiger partial charge in [0.05, 0.1) is 13.1 Å². The van der Waals surface area contributed by atoms with Crippen LogP contribution in [0.15, 0.2) is 0 Å². The molecular formula is C2H14B2N2. The Kier molecular flexibility index (Phi) is 5.09. The minimum atomic E-state index is 0.623. The van der Waals surface area contributed by atoms with Gasteiger partial charge in [0.15, 0.2) is 16.0 Å². The molecule has 0 rings (SSSR count). The van der Waals surface area contributed by atoms with Crippen LogP contribution in [-0.4, -0.2) is 29.1 Å². The first-order valence-electron chi connectivity index (χ1n) is 1.32. The lowest BCUT2D eigenvalue weighted by molar-refractivity contribution is -0.585. The van der Waals surface area contributed by atoms with Crippen molar-refractivity contribution in [3.05, 3.63) is 0 Å². The zero-order valence-corrected chi connectivity index (χ0v) is 2.57. The van der Waals surface area contributed by atoms with Gasteiger partial charge in [0, 0.05) is 0 Å². The van der Waals surface area contributed by atoms with Gasteiger partial charge in [-0.15, -0.1) is 0 Å². The van der Waals surface area contributed by atoms with Crippen molar-refractivity contribution in [1.82, 2.24) is 0 Å². The summed E-state index contributed by atoms with van der Waals surface area (Å²) in [4.78, 5) is 0. The summed E-state index contributed by atoms with van der Waals surface area (Å²) >= 11 is 0. The van der Waals surface area contributed by atoms with Gasteiger partial charge in [-0.25, -0.2) is 0 Å². The summed E-state index contributed by atoms with van der Waals surface area (Å²) in [5.41, 5.74) is 0. The molecule has 38 valence electrons. The smallest absolute Gasteiger partial charge is 0.166 e. The molecular weight excluding hydrogens is 73.7 g/mol. The maximum absolute atomic E-state index is 2.47. The molecule has 0 amide bonds. The number of nitrogens with two attached hydrogens (primary N) is 2. The Morgan fingerprint density at radius 3 is 1.50 bits per heavy atom. The van der Waals surface area contributed by atoms with Crippen molar-refractivity contribution < 1.29 is 10.5 Å². The van der Waals surface area contributed by atoms with Crippen LogP contribution >= 0.6 is 0 Å². The number of hydrogen-bond donors (Lipinski definition) is 2. The van der Waals surface area contributed by atoms with E-state index in [4.69, 9.17) is 0 Å². The van der Waals surface area contributed by atoms with Crippen molar-refractivity contribution in [3.8, 4) is 0 Å². The van der Waals surface area contributed by atoms with Crippen LogP contribution in [0, 0.1) is 0 Å². The molecule has 0 aliphatic carbocycles. The first kappa shape index (κ1) is 6.05. The quantitative estimate of drug-likeness (QED) is 0.255. The highest BCUT2D eigenvalue weighted by Crippen LogP contribution is 1.20. The van der Waals surface area contributed by atoms with Crippen LogP contribution in [0.1, 0.15) is 0 Å². The molecule has 0 saturated carbocycles. The average Bonchev–Trinajstić information content (AvgIpc) is 1.61. The molecule has 0 spiro atoms. The Bertz CT molecular complexity index is 21.5. The summed E-state index contributed by atoms with van der Waals surface area (Å²) in [5, 5.41) is 4.94. The topological polar surface area (TPSA) is 33.2 Å². The summed E-state index contributed by atoms with van der Waals surface area (Å²) in [7, 11) is 1.25. The maximum atomic E-state index is 2.47. The summed E-state index contributed by atoms with van der Waals surface area (Å²) in [6, 6.07) is 0. The lowest BCUT2D eigenvalue weighted by atomic mass is 10.3. The van der Waals surface area contributed by atoms with Gasteiger partial charge in [-0.1, -0.05) is 0 Å². The fourth-order valence-electron chi connectivity index (χ4n) is 0. The van der Waals surface area contributed by atoms with Crippen molar-refractivity contribution in [1.29, 1.82) is 0 Å². The molecule has 2 nitrogen and oxygen atoms in total. The Labute approximate surface area is 40.6 Å². The number of quaternary nitrogens is 2. The minimum Gasteiger partial charge on any atom is -0.539 e. The molecule has 0 aromatic heterocycles. The van der Waals surface area contributed by atoms with Crippen LogP contribution in [0.3, 0.4) is 0 Å². The van der Waals surface area contributed by atoms with Gasteiger partial charge in [0.1, 0.15) is 0 Å². The summed E-state index contributed by atoms with van der Waals surface area (Å²) in [6.45, 7) is 2.81. The highest BCUT2D eigenvalue weighted by molar-refractivity contribution is 5.94. The molecule has 0 aromatic rings. The van der Waals surface area contributed by atoms with E-state index in [2.05, 4.69) is 10.5 Å². The van der Waals surface area contributed by atoms with Crippen LogP contribution in [0.2, 0.25) is 0 Å². The third kappa shape index (κ3) is 4.05. The van der Waals surface area contributed by atoms with Gasteiger partial charge >= 0.3 is 0 Å². The van der Waals surface area contributed by atoms with Crippen molar-refractivity contribution in [3.63, 3.8) is 0 Å². The third-order valence-corrected chi connectivity index (χ3v) is 0.167. The van der Waals surface area contributed by atoms with Crippen molar-refractivity contribution >= 4 is 16.0 Å². The molecule has 0 bridgehead atoms. The number of hydrogen-bond acceptors (Lipinski definition) is 0. The predicted octanol–water partition coefficient (Wildman–Crippen LogP) is -5.33. The standard InChI is InChI=1S/C2H14B2N2/c3-5-1-2-6-4/h1-2,5-6H2,3-4H3. The molecule has 0 aliphatic rings. The maximum Gasteiger partial charge on any atom is 0.166 e. The van der Waals surface area contributed by atoms with E-state index in [0.717, 1.165) is 0 Å². The third-order valence-electron chi connectivity index (χ3n) is 0.167. The van der Waals surface area contributed by atoms with Crippen LogP contribution in [0.25, 0.3) is 0 Å². The van der Waals surface area contributed by atoms with E-state index in [1.807, 2.05) is 0 Å². The fraction of sp³-hybridized carbons (Fsp3) is 1.00. The van der Waals surface area contributed by atoms with Crippen LogP contribution < -0.4 is 10.5 Å². The largest absolute Gasteiger partial charge is 0.539 e. The van der Waals surface area contributed by atoms with Gasteiger partial charge < -0.3 is 10.5 Å². The minimum absolute atomic E-state index is 0.623. The second-order valence-electron chi connectivity index (χ2n) is 0.577. The van der Waals surface area contributed by atoms with Gasteiger partial charge in [-0.3, -0.25) is 0 Å². The predicted molar refractivity (Wildman–Crippen MR) is 33.5 cm³/mol. The normalized spacial score (nSPS) is 9.00. The molecule has 0 aliphatic heterocycles. The van der Waals surface area contributed by atoms with E-state index in [1.165, 1.54) is 13.1 Å². The molecule has 0 aromatic carbocycles. The Hall–Kier alpha value is 0.0499. The Morgan fingerprint density at radius 1 is 1.00 bits per heavy atom. The van der Waals surface area contributed by atoms with Crippen LogP contribution in [-0.2, 0) is 0 Å². The first-order chi connectivity index (χ1) is 2.91. The van der Waals surface area contributed by atoms with Crippen molar-refractivity contribution in [2.45, 2.75) is 0 Å². The molecule has 6 heavy (non-hydrogen) atoms. The van der Waals surface area contributed by atoms with E-state index in [0.29, 0.717) is 16.0 Å². The lowest BCUT2D eigenvalue weighted by Gasteiger charge is -1.96. The van der Waals surface area contributed by atoms with E-state index < -0.39 is 0 Å². The molecule has 0 radical (unpaired) electrons. The average molecular weight is 87.8 g/mol. The zero-order chi connectivity index (χ0) is 4.83. The van der Waals surface area contributed by atoms with E-state index in [-0.39, 0.29) is 0 Å². The van der Waals surface area contributed by atoms with Crippen molar-refractivity contribution in [2.75, 3.05) is 13.1 Å². The van der Waals surface area contributed by atoms with Crippen molar-refractivity contribution in [2.24, 2.45) is 0 Å². The molecule has 4 N–H and O–H groups in total. The highest BCUT2D eigenvalue weighted by atomic mass is 14.8. The molecule has 0 fully saturated rings. The SMILES string of the molecule is [BH3-][NH2+]CC[NH2+][BH3-]. The van der Waals surface area contributed by atoms with Gasteiger partial charge in [0.25, 0.3) is 0 Å². The van der Waals surface area contributed by atoms with Crippen LogP contribution in [0.5, 0.6) is 0 Å². The Balaban J connectivity index is 2.34. The molecule has 0 heterocycles. The zero-order valence-electron chi connectivity index (χ0n) is 2.57.